The van der Waals surface area contributed by atoms with Crippen molar-refractivity contribution >= 4 is 66.7 Å². The van der Waals surface area contributed by atoms with Gasteiger partial charge in [-0.2, -0.15) is 0 Å². The summed E-state index contributed by atoms with van der Waals surface area (Å²) in [7, 11) is 0. The number of unbranched alkanes of at least 4 members (excludes halogenated alkanes) is 3. The summed E-state index contributed by atoms with van der Waals surface area (Å²) in [5.74, 6) is -0.666. The Bertz CT molecular complexity index is 2320. The number of nitrogens with zero attached hydrogens (tertiary/aromatic N) is 6. The van der Waals surface area contributed by atoms with Gasteiger partial charge in [0.25, 0.3) is 11.1 Å². The Kier molecular flexibility index (Phi) is 21.6. The molecule has 0 atom stereocenters. The number of hydrogen-bond donors (Lipinski definition) is 0. The molecule has 0 saturated heterocycles. The number of pyridine rings is 2. The minimum Gasteiger partial charge on any atom is -0.406 e. The van der Waals surface area contributed by atoms with Crippen LogP contribution in [-0.2, 0) is 0 Å². The maximum Gasteiger partial charge on any atom is 0.573 e. The summed E-state index contributed by atoms with van der Waals surface area (Å²) >= 11 is 3.30. The summed E-state index contributed by atoms with van der Waals surface area (Å²) in [5.41, 5.74) is 1.09. The average Bonchev–Trinajstić information content (AvgIpc) is 4.00. The van der Waals surface area contributed by atoms with E-state index in [0.29, 0.717) is 11.4 Å². The quantitative estimate of drug-likeness (QED) is 0.0429. The molecule has 6 rings (SSSR count). The summed E-state index contributed by atoms with van der Waals surface area (Å²) in [4.78, 5) is 32.5. The van der Waals surface area contributed by atoms with Crippen LogP contribution in [0.25, 0.3) is 21.9 Å². The first-order valence-corrected chi connectivity index (χ1v) is 29.7. The largest absolute Gasteiger partial charge is 0.573 e. The number of thiazole rings is 2. The standard InChI is InChI=1S/C15H9F3N2O2S.C12H7F3INO2.3C4H9.C3H2NS.N2.Sn/c16-15(17,18)22-12-4-2-11(3-5-12)20-9-10(1-6-13(20)21)14-19-7-8-23-14;13-12(14,15)19-10-4-2-9(3-5-10)17-7-8(16)1-6-11(17)18;3*1-3-4-2;1-2-5-3-4-1;1-2;/h1-9H;1-7H;3*1,3-4H2,2H3;1-2H;;. The summed E-state index contributed by atoms with van der Waals surface area (Å²) in [6.07, 6.45) is 5.77. The van der Waals surface area contributed by atoms with Crippen molar-refractivity contribution in [3.05, 3.63) is 133 Å². The van der Waals surface area contributed by atoms with Crippen molar-refractivity contribution in [2.24, 2.45) is 0 Å². The van der Waals surface area contributed by atoms with Gasteiger partial charge in [-0.3, -0.25) is 18.7 Å². The van der Waals surface area contributed by atoms with Gasteiger partial charge < -0.3 is 9.47 Å². The molecule has 4 aromatic heterocycles. The van der Waals surface area contributed by atoms with Gasteiger partial charge in [0, 0.05) is 67.4 Å². The number of alkyl halides is 6. The van der Waals surface area contributed by atoms with E-state index in [1.54, 1.807) is 47.1 Å². The molecule has 2 aromatic carbocycles. The number of aromatic nitrogens is 4. The number of rotatable bonds is 15. The fraction of sp³-hybridized carbons (Fsp3) is 0.333. The van der Waals surface area contributed by atoms with E-state index in [2.05, 4.69) is 40.6 Å². The molecule has 0 N–H and O–H groups in total. The van der Waals surface area contributed by atoms with Crippen molar-refractivity contribution in [2.45, 2.75) is 85.3 Å². The third-order valence-corrected chi connectivity index (χ3v) is 29.2. The molecular formula is C42H45F6IN6O4S2Sn. The molecule has 62 heavy (non-hydrogen) atoms. The van der Waals surface area contributed by atoms with Crippen molar-refractivity contribution in [2.75, 3.05) is 0 Å². The summed E-state index contributed by atoms with van der Waals surface area (Å²) in [6, 6.07) is 16.3. The first kappa shape index (κ1) is 52.1. The summed E-state index contributed by atoms with van der Waals surface area (Å²) in [5, 5.41) is 16.8. The Morgan fingerprint density at radius 1 is 0.629 bits per heavy atom. The van der Waals surface area contributed by atoms with Crippen LogP contribution >= 0.6 is 45.3 Å². The molecule has 0 fully saturated rings. The third kappa shape index (κ3) is 17.1. The zero-order valence-corrected chi connectivity index (χ0v) is 40.7. The predicted octanol–water partition coefficient (Wildman–Crippen LogP) is 12.4. The van der Waals surface area contributed by atoms with Gasteiger partial charge in [-0.25, -0.2) is 4.98 Å². The Labute approximate surface area is 381 Å². The first-order valence-electron chi connectivity index (χ1n) is 19.4. The second-order valence-electron chi connectivity index (χ2n) is 13.5. The molecule has 0 unspecified atom stereocenters. The van der Waals surface area contributed by atoms with Crippen LogP contribution in [0.3, 0.4) is 0 Å². The molecule has 0 aliphatic heterocycles. The van der Waals surface area contributed by atoms with Gasteiger partial charge in [-0.05, 0) is 83.3 Å². The van der Waals surface area contributed by atoms with E-state index in [-0.39, 0.29) is 22.6 Å². The molecule has 0 amide bonds. The Balaban J connectivity index is 0.000000245. The molecule has 332 valence electrons. The van der Waals surface area contributed by atoms with Crippen molar-refractivity contribution in [1.82, 2.24) is 19.1 Å². The van der Waals surface area contributed by atoms with Gasteiger partial charge in [-0.15, -0.1) is 37.7 Å². The SMILES string of the molecule is CCC[CH2][Sn]([CH2]CCC)([CH2]CCC)[c]1nccs1.N#N.O=c1ccc(-c2nccs2)cn1-c1ccc(OC(F)(F)F)cc1.O=c1ccc(I)cn1-c1ccc(OC(F)(F)F)cc1. The number of ether oxygens (including phenoxy) is 2. The fourth-order valence-electron chi connectivity index (χ4n) is 6.19. The second kappa shape index (κ2) is 25.7. The summed E-state index contributed by atoms with van der Waals surface area (Å²) < 4.78 is 89.8. The molecule has 0 aliphatic carbocycles. The van der Waals surface area contributed by atoms with Crippen LogP contribution in [0, 0.1) is 14.4 Å². The molecule has 0 radical (unpaired) electrons. The van der Waals surface area contributed by atoms with Crippen LogP contribution in [0.1, 0.15) is 59.3 Å². The third-order valence-electron chi connectivity index (χ3n) is 9.07. The fourth-order valence-corrected chi connectivity index (χ4v) is 26.5. The van der Waals surface area contributed by atoms with E-state index in [4.69, 9.17) is 15.8 Å². The minimum atomic E-state index is -4.75. The van der Waals surface area contributed by atoms with Gasteiger partial charge in [0.05, 0.1) is 0 Å². The molecule has 0 bridgehead atoms. The molecule has 0 saturated carbocycles. The van der Waals surface area contributed by atoms with Crippen molar-refractivity contribution in [3.63, 3.8) is 0 Å². The number of halogens is 7. The van der Waals surface area contributed by atoms with E-state index < -0.39 is 31.1 Å². The van der Waals surface area contributed by atoms with E-state index in [9.17, 15) is 35.9 Å². The second-order valence-corrected chi connectivity index (χ2v) is 30.5. The maximum absolute atomic E-state index is 12.2. The van der Waals surface area contributed by atoms with Crippen LogP contribution in [0.4, 0.5) is 26.3 Å². The molecule has 6 aromatic rings. The maximum atomic E-state index is 12.2. The van der Waals surface area contributed by atoms with E-state index >= 15 is 0 Å². The van der Waals surface area contributed by atoms with Crippen molar-refractivity contribution in [3.8, 4) is 33.4 Å². The molecule has 4 heterocycles. The van der Waals surface area contributed by atoms with Gasteiger partial charge in [0.1, 0.15) is 16.5 Å². The van der Waals surface area contributed by atoms with Crippen LogP contribution in [0.2, 0.25) is 13.3 Å². The topological polar surface area (TPSA) is 136 Å². The van der Waals surface area contributed by atoms with E-state index in [1.165, 1.54) is 95.4 Å². The predicted molar refractivity (Wildman–Crippen MR) is 241 cm³/mol. The zero-order valence-electron chi connectivity index (χ0n) is 34.0. The zero-order chi connectivity index (χ0) is 45.8. The smallest absolute Gasteiger partial charge is 0.406 e. The molecule has 20 heteroatoms. The van der Waals surface area contributed by atoms with Gasteiger partial charge in [-0.1, -0.05) is 0 Å². The Morgan fingerprint density at radius 2 is 1.06 bits per heavy atom. The summed E-state index contributed by atoms with van der Waals surface area (Å²) in [6.45, 7) is 6.99. The molecular weight excluding hydrogens is 1080 g/mol. The van der Waals surface area contributed by atoms with Crippen LogP contribution in [0.15, 0.2) is 118 Å². The monoisotopic (exact) mass is 1120 g/mol. The van der Waals surface area contributed by atoms with Crippen LogP contribution in [-0.4, -0.2) is 50.2 Å². The van der Waals surface area contributed by atoms with E-state index in [1.807, 2.05) is 45.5 Å². The van der Waals surface area contributed by atoms with Crippen molar-refractivity contribution in [1.29, 1.82) is 10.8 Å². The Morgan fingerprint density at radius 3 is 1.47 bits per heavy atom. The molecule has 0 spiro atoms. The molecule has 0 aliphatic rings. The average molecular weight is 1120 g/mol. The van der Waals surface area contributed by atoms with Crippen LogP contribution in [0.5, 0.6) is 11.5 Å². The first-order chi connectivity index (χ1) is 29.6. The minimum absolute atomic E-state index is 0.259. The number of hydrogen-bond acceptors (Lipinski definition) is 10. The number of benzene rings is 2. The Hall–Kier alpha value is -4.27. The van der Waals surface area contributed by atoms with E-state index in [0.717, 1.165) is 38.4 Å². The normalized spacial score (nSPS) is 11.2. The molecule has 10 nitrogen and oxygen atoms in total. The van der Waals surface area contributed by atoms with Crippen LogP contribution < -0.4 is 23.6 Å². The van der Waals surface area contributed by atoms with Gasteiger partial charge >= 0.3 is 135 Å². The van der Waals surface area contributed by atoms with Crippen molar-refractivity contribution < 1.29 is 35.8 Å². The van der Waals surface area contributed by atoms with Gasteiger partial charge in [0.15, 0.2) is 0 Å². The van der Waals surface area contributed by atoms with Gasteiger partial charge in [0.2, 0.25) is 0 Å².